The number of thiophene rings is 1. The number of fused-ring (bicyclic) bond motifs is 2. The molecular weight excluding hydrogens is 578 g/mol. The minimum Gasteiger partial charge on any atom is -0.489 e. The average molecular weight is 616 g/mol. The van der Waals surface area contributed by atoms with E-state index in [0.717, 1.165) is 51.2 Å². The van der Waals surface area contributed by atoms with Crippen molar-refractivity contribution in [2.24, 2.45) is 0 Å². The van der Waals surface area contributed by atoms with Gasteiger partial charge in [0.05, 0.1) is 41.7 Å². The van der Waals surface area contributed by atoms with Crippen LogP contribution in [0.5, 0.6) is 5.75 Å². The number of carbonyl (C=O) groups excluding carboxylic acids is 1. The molecule has 0 bridgehead atoms. The number of pyridine rings is 1. The summed E-state index contributed by atoms with van der Waals surface area (Å²) < 4.78 is 25.0. The molecule has 42 heavy (non-hydrogen) atoms. The molecule has 0 saturated carbocycles. The van der Waals surface area contributed by atoms with Crippen molar-refractivity contribution < 1.29 is 28.8 Å². The SMILES string of the molecule is CC(C)(C)OC(=O)N1C[C@@H](N2CCOc3cc(Cl)cc(-c4ccnc5cc(CO)sc45)c32)C[C@H]1CO[C@H]1CCCCO1. The van der Waals surface area contributed by atoms with Gasteiger partial charge in [0.1, 0.15) is 18.0 Å². The third-order valence-electron chi connectivity index (χ3n) is 7.90. The van der Waals surface area contributed by atoms with E-state index >= 15 is 0 Å². The van der Waals surface area contributed by atoms with Crippen LogP contribution in [0, 0.1) is 0 Å². The molecule has 9 nitrogen and oxygen atoms in total. The number of aromatic nitrogens is 1. The van der Waals surface area contributed by atoms with E-state index in [-0.39, 0.29) is 31.1 Å². The molecule has 11 heteroatoms. The maximum Gasteiger partial charge on any atom is 0.410 e. The van der Waals surface area contributed by atoms with Gasteiger partial charge in [0, 0.05) is 52.5 Å². The molecule has 2 aromatic heterocycles. The molecule has 226 valence electrons. The van der Waals surface area contributed by atoms with Gasteiger partial charge in [-0.05, 0) is 64.7 Å². The third kappa shape index (κ3) is 6.19. The first-order valence-electron chi connectivity index (χ1n) is 14.6. The third-order valence-corrected chi connectivity index (χ3v) is 9.26. The quantitative estimate of drug-likeness (QED) is 0.349. The number of aliphatic hydroxyl groups excluding tert-OH is 1. The predicted octanol–water partition coefficient (Wildman–Crippen LogP) is 6.23. The first-order chi connectivity index (χ1) is 20.2. The van der Waals surface area contributed by atoms with Crippen LogP contribution in [-0.4, -0.2) is 78.0 Å². The molecule has 3 aliphatic heterocycles. The van der Waals surface area contributed by atoms with Crippen LogP contribution in [0.25, 0.3) is 21.3 Å². The van der Waals surface area contributed by atoms with Crippen LogP contribution in [0.3, 0.4) is 0 Å². The van der Waals surface area contributed by atoms with Gasteiger partial charge >= 0.3 is 6.09 Å². The number of anilines is 1. The normalized spacial score (nSPS) is 22.7. The first-order valence-corrected chi connectivity index (χ1v) is 15.8. The molecule has 3 aromatic rings. The molecule has 3 atom stereocenters. The predicted molar refractivity (Wildman–Crippen MR) is 164 cm³/mol. The number of amides is 1. The van der Waals surface area contributed by atoms with Crippen LogP contribution in [-0.2, 0) is 20.8 Å². The summed E-state index contributed by atoms with van der Waals surface area (Å²) in [5.74, 6) is 0.715. The molecule has 0 unspecified atom stereocenters. The Morgan fingerprint density at radius 3 is 2.83 bits per heavy atom. The molecule has 1 aromatic carbocycles. The zero-order chi connectivity index (χ0) is 29.4. The average Bonchev–Trinajstić information content (AvgIpc) is 3.59. The number of hydrogen-bond donors (Lipinski definition) is 1. The molecular formula is C31H38ClN3O6S. The summed E-state index contributed by atoms with van der Waals surface area (Å²) >= 11 is 8.16. The van der Waals surface area contributed by atoms with Crippen LogP contribution < -0.4 is 9.64 Å². The molecule has 0 radical (unpaired) electrons. The van der Waals surface area contributed by atoms with Crippen molar-refractivity contribution in [1.82, 2.24) is 9.88 Å². The van der Waals surface area contributed by atoms with E-state index < -0.39 is 5.60 Å². The Morgan fingerprint density at radius 1 is 1.21 bits per heavy atom. The lowest BCUT2D eigenvalue weighted by Crippen LogP contribution is -2.45. The number of ether oxygens (including phenoxy) is 4. The van der Waals surface area contributed by atoms with E-state index in [1.54, 1.807) is 6.20 Å². The van der Waals surface area contributed by atoms with Crippen molar-refractivity contribution in [3.05, 3.63) is 40.4 Å². The summed E-state index contributed by atoms with van der Waals surface area (Å²) in [4.78, 5) is 23.0. The van der Waals surface area contributed by atoms with E-state index in [4.69, 9.17) is 30.5 Å². The highest BCUT2D eigenvalue weighted by Crippen LogP contribution is 2.47. The lowest BCUT2D eigenvalue weighted by molar-refractivity contribution is -0.168. The molecule has 0 aliphatic carbocycles. The highest BCUT2D eigenvalue weighted by molar-refractivity contribution is 7.19. The summed E-state index contributed by atoms with van der Waals surface area (Å²) in [5, 5.41) is 10.4. The Bertz CT molecular complexity index is 1440. The van der Waals surface area contributed by atoms with Crippen molar-refractivity contribution in [2.75, 3.05) is 37.8 Å². The maximum absolute atomic E-state index is 13.4. The Kier molecular flexibility index (Phi) is 8.53. The fourth-order valence-electron chi connectivity index (χ4n) is 6.08. The van der Waals surface area contributed by atoms with Crippen LogP contribution in [0.4, 0.5) is 10.5 Å². The standard InChI is InChI=1S/C31H38ClN3O6S/c1-31(2,3)41-30(37)35-16-20(14-21(35)18-40-27-6-4-5-10-39-27)34-9-11-38-26-13-19(32)12-24(28(26)34)23-7-8-33-25-15-22(17-36)42-29(23)25/h7-8,12-13,15,20-21,27,36H,4-6,9-11,14,16-18H2,1-3H3/t20-,21-,27-/m0/s1. The van der Waals surface area contributed by atoms with Crippen LogP contribution in [0.15, 0.2) is 30.5 Å². The second-order valence-corrected chi connectivity index (χ2v) is 13.7. The molecule has 6 rings (SSSR count). The lowest BCUT2D eigenvalue weighted by Gasteiger charge is -2.37. The number of carbonyl (C=O) groups is 1. The zero-order valence-corrected chi connectivity index (χ0v) is 25.9. The van der Waals surface area contributed by atoms with Crippen molar-refractivity contribution in [1.29, 1.82) is 0 Å². The lowest BCUT2D eigenvalue weighted by atomic mass is 9.99. The van der Waals surface area contributed by atoms with Crippen molar-refractivity contribution in [2.45, 2.75) is 77.0 Å². The highest BCUT2D eigenvalue weighted by atomic mass is 35.5. The number of rotatable bonds is 6. The minimum atomic E-state index is -0.608. The van der Waals surface area contributed by atoms with Crippen molar-refractivity contribution >= 4 is 44.9 Å². The van der Waals surface area contributed by atoms with Gasteiger partial charge in [0.2, 0.25) is 0 Å². The van der Waals surface area contributed by atoms with Gasteiger partial charge in [-0.3, -0.25) is 4.98 Å². The summed E-state index contributed by atoms with van der Waals surface area (Å²) in [6, 6.07) is 7.59. The summed E-state index contributed by atoms with van der Waals surface area (Å²) in [6.07, 6.45) is 4.93. The van der Waals surface area contributed by atoms with Crippen molar-refractivity contribution in [3.8, 4) is 16.9 Å². The van der Waals surface area contributed by atoms with Crippen molar-refractivity contribution in [3.63, 3.8) is 0 Å². The van der Waals surface area contributed by atoms with E-state index in [1.165, 1.54) is 11.3 Å². The van der Waals surface area contributed by atoms with E-state index in [2.05, 4.69) is 9.88 Å². The van der Waals surface area contributed by atoms with E-state index in [0.29, 0.717) is 50.1 Å². The number of likely N-dealkylation sites (tertiary alicyclic amines) is 1. The molecule has 5 heterocycles. The largest absolute Gasteiger partial charge is 0.489 e. The number of halogens is 1. The van der Waals surface area contributed by atoms with E-state index in [9.17, 15) is 9.90 Å². The first kappa shape index (κ1) is 29.4. The number of aliphatic hydroxyl groups is 1. The minimum absolute atomic E-state index is 0.00892. The Hall–Kier alpha value is -2.63. The molecule has 1 amide bonds. The van der Waals surface area contributed by atoms with Gasteiger partial charge in [0.25, 0.3) is 0 Å². The van der Waals surface area contributed by atoms with Gasteiger partial charge < -0.3 is 33.9 Å². The Labute approximate surface area is 255 Å². The van der Waals surface area contributed by atoms with Crippen LogP contribution in [0.2, 0.25) is 5.02 Å². The number of hydrogen-bond acceptors (Lipinski definition) is 9. The van der Waals surface area contributed by atoms with Gasteiger partial charge in [-0.2, -0.15) is 0 Å². The zero-order valence-electron chi connectivity index (χ0n) is 24.3. The van der Waals surface area contributed by atoms with Crippen LogP contribution in [0.1, 0.15) is 51.3 Å². The smallest absolute Gasteiger partial charge is 0.410 e. The molecule has 2 saturated heterocycles. The van der Waals surface area contributed by atoms with Gasteiger partial charge in [0.15, 0.2) is 6.29 Å². The topological polar surface area (TPSA) is 93.6 Å². The monoisotopic (exact) mass is 615 g/mol. The maximum atomic E-state index is 13.4. The van der Waals surface area contributed by atoms with Crippen LogP contribution >= 0.6 is 22.9 Å². The fraction of sp³-hybridized carbons (Fsp3) is 0.548. The number of benzene rings is 1. The second-order valence-electron chi connectivity index (χ2n) is 12.1. The Morgan fingerprint density at radius 2 is 2.07 bits per heavy atom. The summed E-state index contributed by atoms with van der Waals surface area (Å²) in [6.45, 7) is 8.37. The van der Waals surface area contributed by atoms with Gasteiger partial charge in [-0.1, -0.05) is 11.6 Å². The fourth-order valence-corrected chi connectivity index (χ4v) is 7.28. The number of nitrogens with zero attached hydrogens (tertiary/aromatic N) is 3. The summed E-state index contributed by atoms with van der Waals surface area (Å²) in [5.41, 5.74) is 3.09. The highest BCUT2D eigenvalue weighted by Gasteiger charge is 2.42. The van der Waals surface area contributed by atoms with E-state index in [1.807, 2.05) is 49.9 Å². The summed E-state index contributed by atoms with van der Waals surface area (Å²) in [7, 11) is 0. The molecule has 2 fully saturated rings. The Balaban J connectivity index is 1.34. The van der Waals surface area contributed by atoms with Gasteiger partial charge in [-0.25, -0.2) is 4.79 Å². The molecule has 3 aliphatic rings. The molecule has 1 N–H and O–H groups in total. The molecule has 0 spiro atoms. The van der Waals surface area contributed by atoms with Gasteiger partial charge in [-0.15, -0.1) is 11.3 Å². The second kappa shape index (κ2) is 12.2.